The number of carboxylic acids is 1. The fourth-order valence-corrected chi connectivity index (χ4v) is 4.82. The van der Waals surface area contributed by atoms with Crippen molar-refractivity contribution in [3.8, 4) is 6.07 Å². The summed E-state index contributed by atoms with van der Waals surface area (Å²) in [6.45, 7) is 7.19. The van der Waals surface area contributed by atoms with E-state index in [0.717, 1.165) is 42.6 Å². The normalized spacial score (nSPS) is 20.1. The van der Waals surface area contributed by atoms with E-state index in [0.29, 0.717) is 12.2 Å². The van der Waals surface area contributed by atoms with E-state index < -0.39 is 16.8 Å². The summed E-state index contributed by atoms with van der Waals surface area (Å²) in [6.07, 6.45) is 4.24. The Kier molecular flexibility index (Phi) is 4.97. The highest BCUT2D eigenvalue weighted by atomic mass is 16.4. The molecule has 164 valence electrons. The lowest BCUT2D eigenvalue weighted by molar-refractivity contribution is 0.0695. The molecule has 2 unspecified atom stereocenters. The Morgan fingerprint density at radius 2 is 2.03 bits per heavy atom. The molecule has 2 fully saturated rings. The molecular formula is C23H29N5O3. The van der Waals surface area contributed by atoms with Gasteiger partial charge in [0.05, 0.1) is 22.4 Å². The van der Waals surface area contributed by atoms with E-state index >= 15 is 0 Å². The van der Waals surface area contributed by atoms with Gasteiger partial charge in [0.15, 0.2) is 0 Å². The topological polar surface area (TPSA) is 138 Å². The zero-order valence-electron chi connectivity index (χ0n) is 18.2. The fourth-order valence-electron chi connectivity index (χ4n) is 4.82. The zero-order chi connectivity index (χ0) is 22.7. The lowest BCUT2D eigenvalue weighted by Crippen LogP contribution is -2.43. The van der Waals surface area contributed by atoms with Crippen LogP contribution in [0, 0.1) is 29.6 Å². The van der Waals surface area contributed by atoms with Crippen molar-refractivity contribution in [3.63, 3.8) is 0 Å². The number of nitrogens with two attached hydrogens (primary N) is 2. The molecule has 1 saturated carbocycles. The van der Waals surface area contributed by atoms with Gasteiger partial charge >= 0.3 is 5.97 Å². The van der Waals surface area contributed by atoms with Crippen molar-refractivity contribution >= 4 is 28.2 Å². The van der Waals surface area contributed by atoms with Crippen LogP contribution in [0.3, 0.4) is 0 Å². The number of aromatic nitrogens is 1. The summed E-state index contributed by atoms with van der Waals surface area (Å²) in [7, 11) is 0. The largest absolute Gasteiger partial charge is 0.477 e. The van der Waals surface area contributed by atoms with Crippen LogP contribution in [0.25, 0.3) is 10.9 Å². The number of nitriles is 1. The molecule has 0 bridgehead atoms. The SMILES string of the molecule is Cc1c(N2CCC(C(N)C(C)(C)C#N)C2)cc(N)c2c(=O)c(C(=O)O)cn(C3CC3)c12. The van der Waals surface area contributed by atoms with Crippen LogP contribution in [0.2, 0.25) is 0 Å². The molecule has 0 radical (unpaired) electrons. The first-order chi connectivity index (χ1) is 14.6. The van der Waals surface area contributed by atoms with E-state index in [9.17, 15) is 20.0 Å². The van der Waals surface area contributed by atoms with Crippen LogP contribution in [0.1, 0.15) is 55.1 Å². The average molecular weight is 424 g/mol. The molecule has 4 rings (SSSR count). The number of carbonyl (C=O) groups is 1. The maximum atomic E-state index is 12.9. The predicted octanol–water partition coefficient (Wildman–Crippen LogP) is 2.63. The number of nitrogen functional groups attached to an aromatic ring is 1. The number of benzene rings is 1. The van der Waals surface area contributed by atoms with Gasteiger partial charge in [0, 0.05) is 42.7 Å². The van der Waals surface area contributed by atoms with Crippen molar-refractivity contribution in [1.82, 2.24) is 4.57 Å². The molecule has 31 heavy (non-hydrogen) atoms. The number of hydrogen-bond acceptors (Lipinski definition) is 6. The molecule has 8 nitrogen and oxygen atoms in total. The molecule has 2 aromatic rings. The number of nitrogens with zero attached hydrogens (tertiary/aromatic N) is 3. The standard InChI is InChI=1S/C23H29N5O3/c1-12-17(27-7-6-13(9-27)21(26)23(2,3)11-24)8-16(25)18-19(12)28(14-4-5-14)10-15(20(18)29)22(30)31/h8,10,13-14,21H,4-7,9,25-26H2,1-3H3,(H,30,31). The van der Waals surface area contributed by atoms with Gasteiger partial charge in [-0.3, -0.25) is 4.79 Å². The highest BCUT2D eigenvalue weighted by Gasteiger charge is 2.38. The molecule has 1 saturated heterocycles. The van der Waals surface area contributed by atoms with Crippen LogP contribution in [0.5, 0.6) is 0 Å². The summed E-state index contributed by atoms with van der Waals surface area (Å²) in [6, 6.07) is 4.04. The highest BCUT2D eigenvalue weighted by molar-refractivity contribution is 6.01. The van der Waals surface area contributed by atoms with E-state index in [2.05, 4.69) is 11.0 Å². The number of aryl methyl sites for hydroxylation is 1. The third-order valence-electron chi connectivity index (χ3n) is 6.92. The van der Waals surface area contributed by atoms with Crippen molar-refractivity contribution in [2.45, 2.75) is 52.1 Å². The van der Waals surface area contributed by atoms with Gasteiger partial charge in [-0.1, -0.05) is 0 Å². The summed E-state index contributed by atoms with van der Waals surface area (Å²) in [5.41, 5.74) is 14.2. The molecule has 5 N–H and O–H groups in total. The number of fused-ring (bicyclic) bond motifs is 1. The molecule has 2 heterocycles. The first kappa shape index (κ1) is 21.2. The first-order valence-corrected chi connectivity index (χ1v) is 10.7. The van der Waals surface area contributed by atoms with Crippen molar-refractivity contribution in [2.75, 3.05) is 23.7 Å². The number of aromatic carboxylic acids is 1. The molecule has 1 aromatic heterocycles. The van der Waals surface area contributed by atoms with Gasteiger partial charge < -0.3 is 26.0 Å². The summed E-state index contributed by atoms with van der Waals surface area (Å²) >= 11 is 0. The van der Waals surface area contributed by atoms with Crippen molar-refractivity contribution in [2.24, 2.45) is 17.1 Å². The van der Waals surface area contributed by atoms with Gasteiger partial charge in [-0.15, -0.1) is 0 Å². The maximum absolute atomic E-state index is 12.9. The Labute approximate surface area is 181 Å². The minimum atomic E-state index is -1.24. The van der Waals surface area contributed by atoms with Crippen molar-refractivity contribution in [1.29, 1.82) is 5.26 Å². The molecule has 8 heteroatoms. The first-order valence-electron chi connectivity index (χ1n) is 10.7. The number of anilines is 2. The molecule has 0 amide bonds. The predicted molar refractivity (Wildman–Crippen MR) is 120 cm³/mol. The number of carboxylic acid groups (broad SMARTS) is 1. The summed E-state index contributed by atoms with van der Waals surface area (Å²) in [4.78, 5) is 26.8. The van der Waals surface area contributed by atoms with Crippen LogP contribution < -0.4 is 21.8 Å². The van der Waals surface area contributed by atoms with Crippen LogP contribution >= 0.6 is 0 Å². The Balaban J connectivity index is 1.81. The highest BCUT2D eigenvalue weighted by Crippen LogP contribution is 2.42. The monoisotopic (exact) mass is 423 g/mol. The fraction of sp³-hybridized carbons (Fsp3) is 0.522. The van der Waals surface area contributed by atoms with Crippen molar-refractivity contribution < 1.29 is 9.90 Å². The van der Waals surface area contributed by atoms with Gasteiger partial charge in [0.2, 0.25) is 5.43 Å². The summed E-state index contributed by atoms with van der Waals surface area (Å²) < 4.78 is 1.92. The van der Waals surface area contributed by atoms with E-state index in [1.54, 1.807) is 6.07 Å². The molecule has 1 aromatic carbocycles. The molecular weight excluding hydrogens is 394 g/mol. The Morgan fingerprint density at radius 1 is 1.35 bits per heavy atom. The minimum absolute atomic E-state index is 0.172. The van der Waals surface area contributed by atoms with Crippen molar-refractivity contribution in [3.05, 3.63) is 33.6 Å². The quantitative estimate of drug-likeness (QED) is 0.628. The molecule has 1 aliphatic heterocycles. The van der Waals surface area contributed by atoms with Crippen LogP contribution in [0.4, 0.5) is 11.4 Å². The van der Waals surface area contributed by atoms with Gasteiger partial charge in [0.25, 0.3) is 0 Å². The Bertz CT molecular complexity index is 1170. The summed E-state index contributed by atoms with van der Waals surface area (Å²) in [5, 5.41) is 19.2. The Morgan fingerprint density at radius 3 is 2.61 bits per heavy atom. The van der Waals surface area contributed by atoms with E-state index in [1.807, 2.05) is 25.3 Å². The molecule has 0 spiro atoms. The van der Waals surface area contributed by atoms with Gasteiger partial charge in [-0.2, -0.15) is 5.26 Å². The summed E-state index contributed by atoms with van der Waals surface area (Å²) in [5.74, 6) is -1.06. The van der Waals surface area contributed by atoms with Gasteiger partial charge in [-0.25, -0.2) is 4.79 Å². The van der Waals surface area contributed by atoms with Crippen LogP contribution in [0.15, 0.2) is 17.1 Å². The molecule has 2 aliphatic rings. The maximum Gasteiger partial charge on any atom is 0.341 e. The second kappa shape index (κ2) is 7.27. The van der Waals surface area contributed by atoms with E-state index in [1.165, 1.54) is 6.20 Å². The molecule has 2 atom stereocenters. The number of hydrogen-bond donors (Lipinski definition) is 3. The number of pyridine rings is 1. The average Bonchev–Trinajstić information content (AvgIpc) is 3.45. The third kappa shape index (κ3) is 3.43. The van der Waals surface area contributed by atoms with Gasteiger partial charge in [0.1, 0.15) is 5.56 Å². The number of rotatable bonds is 5. The van der Waals surface area contributed by atoms with Crippen LogP contribution in [-0.2, 0) is 0 Å². The second-order valence-corrected chi connectivity index (χ2v) is 9.50. The van der Waals surface area contributed by atoms with Crippen LogP contribution in [-0.4, -0.2) is 34.8 Å². The third-order valence-corrected chi connectivity index (χ3v) is 6.92. The lowest BCUT2D eigenvalue weighted by Gasteiger charge is -2.30. The lowest BCUT2D eigenvalue weighted by atomic mass is 9.79. The minimum Gasteiger partial charge on any atom is -0.477 e. The molecule has 1 aliphatic carbocycles. The van der Waals surface area contributed by atoms with E-state index in [-0.39, 0.29) is 29.0 Å². The van der Waals surface area contributed by atoms with E-state index in [4.69, 9.17) is 11.5 Å². The second-order valence-electron chi connectivity index (χ2n) is 9.50. The Hall–Kier alpha value is -3.05. The zero-order valence-corrected chi connectivity index (χ0v) is 18.2. The smallest absolute Gasteiger partial charge is 0.341 e. The van der Waals surface area contributed by atoms with Gasteiger partial charge in [-0.05, 0) is 57.6 Å².